The highest BCUT2D eigenvalue weighted by molar-refractivity contribution is 7.16. The molecule has 2 aromatic carbocycles. The molecule has 0 fully saturated rings. The minimum absolute atomic E-state index is 0.280. The number of aromatic nitrogens is 2. The Morgan fingerprint density at radius 2 is 1.84 bits per heavy atom. The van der Waals surface area contributed by atoms with E-state index in [9.17, 15) is 9.59 Å². The number of thiophene rings is 1. The number of rotatable bonds is 7. The van der Waals surface area contributed by atoms with Crippen molar-refractivity contribution in [2.75, 3.05) is 16.4 Å². The molecule has 5 rings (SSSR count). The zero-order valence-electron chi connectivity index (χ0n) is 19.7. The Hall–Kier alpha value is -4.54. The maximum Gasteiger partial charge on any atom is 0.265 e. The van der Waals surface area contributed by atoms with Crippen molar-refractivity contribution in [3.05, 3.63) is 93.8 Å². The topological polar surface area (TPSA) is 136 Å². The number of nitrogens with two attached hydrogens (primary N) is 2. The standard InChI is InChI=1S/C27H22N6O2S2/c1-15-8-9-17(11-21(15)32-27-33-22(14-36-27)16-5-4-10-30-13-16)31-26(35)23-12-19(24(37-23)25(29)34)18-6-2-3-7-20(18)28/h2-14H,28H2,1H3,(H2,29,34)(H,31,35)(H,32,33). The molecule has 184 valence electrons. The predicted octanol–water partition coefficient (Wildman–Crippen LogP) is 5.92. The van der Waals surface area contributed by atoms with Crippen molar-refractivity contribution < 1.29 is 9.59 Å². The number of benzene rings is 2. The number of nitrogens with zero attached hydrogens (tertiary/aromatic N) is 2. The van der Waals surface area contributed by atoms with Crippen molar-refractivity contribution in [3.63, 3.8) is 0 Å². The van der Waals surface area contributed by atoms with Gasteiger partial charge in [0.15, 0.2) is 5.13 Å². The number of nitrogens with one attached hydrogen (secondary N) is 2. The largest absolute Gasteiger partial charge is 0.398 e. The molecule has 0 radical (unpaired) electrons. The van der Waals surface area contributed by atoms with Gasteiger partial charge in [-0.25, -0.2) is 4.98 Å². The second-order valence-electron chi connectivity index (χ2n) is 8.19. The van der Waals surface area contributed by atoms with E-state index in [1.54, 1.807) is 36.7 Å². The van der Waals surface area contributed by atoms with Crippen LogP contribution in [-0.4, -0.2) is 21.8 Å². The lowest BCUT2D eigenvalue weighted by molar-refractivity contribution is 0.100. The summed E-state index contributed by atoms with van der Waals surface area (Å²) in [7, 11) is 0. The summed E-state index contributed by atoms with van der Waals surface area (Å²) in [6.45, 7) is 1.97. The van der Waals surface area contributed by atoms with Gasteiger partial charge in [-0.2, -0.15) is 0 Å². The molecule has 0 atom stereocenters. The van der Waals surface area contributed by atoms with Crippen LogP contribution >= 0.6 is 22.7 Å². The van der Waals surface area contributed by atoms with Gasteiger partial charge in [0.25, 0.3) is 11.8 Å². The lowest BCUT2D eigenvalue weighted by Gasteiger charge is -2.10. The van der Waals surface area contributed by atoms with Crippen LogP contribution in [0.5, 0.6) is 0 Å². The number of carbonyl (C=O) groups excluding carboxylic acids is 2. The summed E-state index contributed by atoms with van der Waals surface area (Å²) in [4.78, 5) is 34.6. The molecule has 0 saturated carbocycles. The summed E-state index contributed by atoms with van der Waals surface area (Å²) in [5.41, 5.74) is 17.6. The van der Waals surface area contributed by atoms with Gasteiger partial charge in [0.05, 0.1) is 10.6 Å². The molecule has 37 heavy (non-hydrogen) atoms. The highest BCUT2D eigenvalue weighted by atomic mass is 32.1. The third-order valence-corrected chi connectivity index (χ3v) is 7.54. The minimum Gasteiger partial charge on any atom is -0.398 e. The van der Waals surface area contributed by atoms with Crippen LogP contribution in [0.15, 0.2) is 78.4 Å². The molecule has 0 spiro atoms. The predicted molar refractivity (Wildman–Crippen MR) is 150 cm³/mol. The molecule has 3 aromatic heterocycles. The van der Waals surface area contributed by atoms with Crippen molar-refractivity contribution in [3.8, 4) is 22.4 Å². The summed E-state index contributed by atoms with van der Waals surface area (Å²) < 4.78 is 0. The summed E-state index contributed by atoms with van der Waals surface area (Å²) >= 11 is 2.52. The fourth-order valence-electron chi connectivity index (χ4n) is 3.75. The van der Waals surface area contributed by atoms with Gasteiger partial charge in [-0.15, -0.1) is 22.7 Å². The maximum absolute atomic E-state index is 13.1. The fraction of sp³-hybridized carbons (Fsp3) is 0.0370. The molecular weight excluding hydrogens is 504 g/mol. The van der Waals surface area contributed by atoms with Crippen molar-refractivity contribution in [1.82, 2.24) is 9.97 Å². The first-order valence-electron chi connectivity index (χ1n) is 11.2. The number of anilines is 4. The second-order valence-corrected chi connectivity index (χ2v) is 10.1. The number of thiazole rings is 1. The molecule has 10 heteroatoms. The van der Waals surface area contributed by atoms with Crippen LogP contribution in [0.2, 0.25) is 0 Å². The van der Waals surface area contributed by atoms with Gasteiger partial charge in [0.1, 0.15) is 4.88 Å². The van der Waals surface area contributed by atoms with E-state index in [1.807, 2.05) is 48.7 Å². The van der Waals surface area contributed by atoms with Gasteiger partial charge >= 0.3 is 0 Å². The average Bonchev–Trinajstić information content (AvgIpc) is 3.55. The quantitative estimate of drug-likeness (QED) is 0.194. The molecule has 5 aromatic rings. The van der Waals surface area contributed by atoms with Gasteiger partial charge in [-0.1, -0.05) is 24.3 Å². The average molecular weight is 527 g/mol. The van der Waals surface area contributed by atoms with Gasteiger partial charge in [0.2, 0.25) is 0 Å². The summed E-state index contributed by atoms with van der Waals surface area (Å²) in [5.74, 6) is -0.964. The molecule has 0 aliphatic carbocycles. The lowest BCUT2D eigenvalue weighted by Crippen LogP contribution is -2.11. The van der Waals surface area contributed by atoms with E-state index < -0.39 is 5.91 Å². The number of carbonyl (C=O) groups is 2. The molecule has 0 bridgehead atoms. The van der Waals surface area contributed by atoms with E-state index in [0.717, 1.165) is 39.0 Å². The van der Waals surface area contributed by atoms with E-state index in [2.05, 4.69) is 20.6 Å². The molecule has 0 aliphatic rings. The highest BCUT2D eigenvalue weighted by Crippen LogP contribution is 2.35. The zero-order chi connectivity index (χ0) is 25.9. The van der Waals surface area contributed by atoms with Crippen LogP contribution in [0.25, 0.3) is 22.4 Å². The first-order valence-corrected chi connectivity index (χ1v) is 12.9. The van der Waals surface area contributed by atoms with E-state index >= 15 is 0 Å². The van der Waals surface area contributed by atoms with Gasteiger partial charge in [-0.05, 0) is 48.9 Å². The molecule has 6 N–H and O–H groups in total. The summed E-state index contributed by atoms with van der Waals surface area (Å²) in [5, 5.41) is 8.93. The van der Waals surface area contributed by atoms with Crippen LogP contribution in [-0.2, 0) is 0 Å². The molecule has 0 aliphatic heterocycles. The molecule has 2 amide bonds. The Balaban J connectivity index is 1.37. The Kier molecular flexibility index (Phi) is 6.67. The zero-order valence-corrected chi connectivity index (χ0v) is 21.3. The maximum atomic E-state index is 13.1. The van der Waals surface area contributed by atoms with Crippen LogP contribution in [0.3, 0.4) is 0 Å². The number of nitrogen functional groups attached to an aromatic ring is 1. The van der Waals surface area contributed by atoms with Gasteiger partial charge < -0.3 is 22.1 Å². The molecule has 0 saturated heterocycles. The highest BCUT2D eigenvalue weighted by Gasteiger charge is 2.20. The number of pyridine rings is 1. The number of hydrogen-bond acceptors (Lipinski definition) is 8. The third kappa shape index (κ3) is 5.20. The van der Waals surface area contributed by atoms with E-state index in [-0.39, 0.29) is 10.8 Å². The summed E-state index contributed by atoms with van der Waals surface area (Å²) in [6.07, 6.45) is 3.49. The Morgan fingerprint density at radius 3 is 2.59 bits per heavy atom. The molecule has 0 unspecified atom stereocenters. The van der Waals surface area contributed by atoms with Crippen LogP contribution in [0.1, 0.15) is 24.9 Å². The molecule has 8 nitrogen and oxygen atoms in total. The van der Waals surface area contributed by atoms with E-state index in [0.29, 0.717) is 27.4 Å². The number of amides is 2. The number of aryl methyl sites for hydroxylation is 1. The van der Waals surface area contributed by atoms with E-state index in [4.69, 9.17) is 11.5 Å². The monoisotopic (exact) mass is 526 g/mol. The Labute approximate surface area is 221 Å². The normalized spacial score (nSPS) is 10.7. The SMILES string of the molecule is Cc1ccc(NC(=O)c2cc(-c3ccccc3N)c(C(N)=O)s2)cc1Nc1nc(-c2cccnc2)cs1. The summed E-state index contributed by atoms with van der Waals surface area (Å²) in [6, 6.07) is 18.2. The first-order chi connectivity index (χ1) is 17.9. The second kappa shape index (κ2) is 10.2. The van der Waals surface area contributed by atoms with Gasteiger partial charge in [-0.3, -0.25) is 14.6 Å². The number of primary amides is 1. The lowest BCUT2D eigenvalue weighted by atomic mass is 10.0. The van der Waals surface area contributed by atoms with Gasteiger partial charge in [0, 0.05) is 51.5 Å². The Bertz CT molecular complexity index is 1610. The van der Waals surface area contributed by atoms with Crippen molar-refractivity contribution in [2.45, 2.75) is 6.92 Å². The minimum atomic E-state index is -0.613. The van der Waals surface area contributed by atoms with Crippen molar-refractivity contribution in [1.29, 1.82) is 0 Å². The van der Waals surface area contributed by atoms with E-state index in [1.165, 1.54) is 11.3 Å². The number of hydrogen-bond donors (Lipinski definition) is 4. The van der Waals surface area contributed by atoms with Crippen molar-refractivity contribution in [2.24, 2.45) is 5.73 Å². The fourth-order valence-corrected chi connectivity index (χ4v) is 5.40. The van der Waals surface area contributed by atoms with Crippen LogP contribution < -0.4 is 22.1 Å². The van der Waals surface area contributed by atoms with Crippen LogP contribution in [0.4, 0.5) is 22.2 Å². The van der Waals surface area contributed by atoms with Crippen LogP contribution in [0, 0.1) is 6.92 Å². The van der Waals surface area contributed by atoms with Crippen molar-refractivity contribution >= 4 is 56.7 Å². The molecule has 3 heterocycles. The first kappa shape index (κ1) is 24.2. The number of para-hydroxylation sites is 1. The molecular formula is C27H22N6O2S2. The Morgan fingerprint density at radius 1 is 1.00 bits per heavy atom. The smallest absolute Gasteiger partial charge is 0.265 e. The third-order valence-electron chi connectivity index (χ3n) is 5.63.